The first kappa shape index (κ1) is 24.8. The second kappa shape index (κ2) is 9.42. The maximum atomic E-state index is 5.20. The van der Waals surface area contributed by atoms with E-state index in [2.05, 4.69) is 143 Å². The van der Waals surface area contributed by atoms with E-state index >= 15 is 0 Å². The van der Waals surface area contributed by atoms with E-state index in [1.165, 1.54) is 42.6 Å². The van der Waals surface area contributed by atoms with Crippen LogP contribution in [0, 0.1) is 0 Å². The average Bonchev–Trinajstić information content (AvgIpc) is 3.63. The molecular weight excluding hydrogens is 569 g/mol. The van der Waals surface area contributed by atoms with Crippen LogP contribution < -0.4 is 0 Å². The molecule has 0 fully saturated rings. The Morgan fingerprint density at radius 1 is 0.511 bits per heavy atom. The first-order valence-corrected chi connectivity index (χ1v) is 15.9. The van der Waals surface area contributed by atoms with Crippen LogP contribution in [0.2, 0.25) is 0 Å². The lowest BCUT2D eigenvalue weighted by Gasteiger charge is -2.22. The Kier molecular flexibility index (Phi) is 5.18. The third-order valence-electron chi connectivity index (χ3n) is 8.90. The molecule has 210 valence electrons. The average molecular weight is 593 g/mol. The topological polar surface area (TPSA) is 35.6 Å². The molecule has 45 heavy (non-hydrogen) atoms. The van der Waals surface area contributed by atoms with Gasteiger partial charge in [-0.05, 0) is 48.5 Å². The Bertz CT molecular complexity index is 2620. The van der Waals surface area contributed by atoms with E-state index in [1.54, 1.807) is 0 Å². The Hall–Kier alpha value is -5.65. The van der Waals surface area contributed by atoms with Crippen LogP contribution in [0.25, 0.3) is 77.8 Å². The van der Waals surface area contributed by atoms with Crippen molar-refractivity contribution in [1.29, 1.82) is 0 Å². The summed E-state index contributed by atoms with van der Waals surface area (Å²) in [4.78, 5) is 12.8. The van der Waals surface area contributed by atoms with Crippen molar-refractivity contribution in [1.82, 2.24) is 19.1 Å². The van der Waals surface area contributed by atoms with E-state index in [1.807, 2.05) is 23.9 Å². The Morgan fingerprint density at radius 2 is 1.24 bits per heavy atom. The minimum Gasteiger partial charge on any atom is -0.295 e. The molecule has 4 nitrogen and oxygen atoms in total. The maximum absolute atomic E-state index is 5.20. The van der Waals surface area contributed by atoms with Crippen LogP contribution >= 0.6 is 11.8 Å². The van der Waals surface area contributed by atoms with Crippen molar-refractivity contribution in [3.8, 4) is 34.0 Å². The SMILES string of the molecule is c1ccc(-c2nc(-c3ccc4c(c3)-n3c5c(cccc5c5c6ccccc6n(-c6ccccc6)c53)S4)nc3ccccc23)cc1. The fourth-order valence-electron chi connectivity index (χ4n) is 6.98. The Morgan fingerprint density at radius 3 is 2.11 bits per heavy atom. The molecule has 10 rings (SSSR count). The van der Waals surface area contributed by atoms with Gasteiger partial charge in [-0.3, -0.25) is 9.13 Å². The standard InChI is InChI=1S/C40H24N4S/c1-3-12-25(13-4-1)37-28-16-7-9-19-31(28)41-39(42-37)26-22-23-34-33(24-26)44-38-30(18-11-21-35(38)45-34)36-29-17-8-10-20-32(29)43(40(36)44)27-14-5-2-6-15-27/h1-24H. The van der Waals surface area contributed by atoms with Gasteiger partial charge in [-0.25, -0.2) is 9.97 Å². The molecule has 3 aromatic heterocycles. The van der Waals surface area contributed by atoms with E-state index in [-0.39, 0.29) is 0 Å². The minimum absolute atomic E-state index is 0.724. The molecule has 0 atom stereocenters. The monoisotopic (exact) mass is 592 g/mol. The normalized spacial score (nSPS) is 12.4. The molecular formula is C40H24N4S. The second-order valence-electron chi connectivity index (χ2n) is 11.4. The predicted octanol–water partition coefficient (Wildman–Crippen LogP) is 10.5. The van der Waals surface area contributed by atoms with E-state index in [0.29, 0.717) is 0 Å². The molecule has 1 aliphatic heterocycles. The van der Waals surface area contributed by atoms with Crippen molar-refractivity contribution in [2.45, 2.75) is 9.79 Å². The van der Waals surface area contributed by atoms with Gasteiger partial charge < -0.3 is 0 Å². The minimum atomic E-state index is 0.724. The summed E-state index contributed by atoms with van der Waals surface area (Å²) in [6.45, 7) is 0. The molecule has 5 heteroatoms. The summed E-state index contributed by atoms with van der Waals surface area (Å²) in [5.74, 6) is 0.724. The number of hydrogen-bond donors (Lipinski definition) is 0. The predicted molar refractivity (Wildman–Crippen MR) is 186 cm³/mol. The second-order valence-corrected chi connectivity index (χ2v) is 12.5. The smallest absolute Gasteiger partial charge is 0.160 e. The zero-order chi connectivity index (χ0) is 29.5. The maximum Gasteiger partial charge on any atom is 0.160 e. The molecule has 9 aromatic rings. The summed E-state index contributed by atoms with van der Waals surface area (Å²) in [6.07, 6.45) is 0. The number of rotatable bonds is 3. The van der Waals surface area contributed by atoms with Gasteiger partial charge in [0, 0.05) is 48.2 Å². The lowest BCUT2D eigenvalue weighted by atomic mass is 10.1. The van der Waals surface area contributed by atoms with Crippen LogP contribution in [-0.2, 0) is 0 Å². The number of hydrogen-bond acceptors (Lipinski definition) is 3. The molecule has 0 amide bonds. The van der Waals surface area contributed by atoms with Crippen molar-refractivity contribution in [2.24, 2.45) is 0 Å². The fourth-order valence-corrected chi connectivity index (χ4v) is 8.05. The summed E-state index contributed by atoms with van der Waals surface area (Å²) >= 11 is 1.84. The van der Waals surface area contributed by atoms with Crippen molar-refractivity contribution in [3.05, 3.63) is 146 Å². The van der Waals surface area contributed by atoms with Crippen LogP contribution in [-0.4, -0.2) is 19.1 Å². The Balaban J connectivity index is 1.29. The van der Waals surface area contributed by atoms with Gasteiger partial charge in [0.15, 0.2) is 5.82 Å². The number of fused-ring (bicyclic) bond motifs is 8. The number of benzene rings is 6. The molecule has 0 N–H and O–H groups in total. The van der Waals surface area contributed by atoms with Crippen LogP contribution in [0.4, 0.5) is 0 Å². The van der Waals surface area contributed by atoms with Crippen molar-refractivity contribution < 1.29 is 0 Å². The summed E-state index contributed by atoms with van der Waals surface area (Å²) in [7, 11) is 0. The number of aromatic nitrogens is 4. The number of nitrogens with zero attached hydrogens (tertiary/aromatic N) is 4. The lowest BCUT2D eigenvalue weighted by Crippen LogP contribution is -2.06. The van der Waals surface area contributed by atoms with Crippen LogP contribution in [0.1, 0.15) is 0 Å². The van der Waals surface area contributed by atoms with Gasteiger partial charge in [0.1, 0.15) is 5.65 Å². The van der Waals surface area contributed by atoms with Gasteiger partial charge >= 0.3 is 0 Å². The summed E-state index contributed by atoms with van der Waals surface area (Å²) in [6, 6.07) is 51.5. The zero-order valence-corrected chi connectivity index (χ0v) is 24.9. The molecule has 0 radical (unpaired) electrons. The van der Waals surface area contributed by atoms with Crippen molar-refractivity contribution >= 4 is 55.5 Å². The van der Waals surface area contributed by atoms with Gasteiger partial charge in [0.2, 0.25) is 0 Å². The molecule has 0 unspecified atom stereocenters. The highest BCUT2D eigenvalue weighted by Gasteiger charge is 2.28. The van der Waals surface area contributed by atoms with E-state index in [0.717, 1.165) is 44.9 Å². The van der Waals surface area contributed by atoms with Crippen LogP contribution in [0.3, 0.4) is 0 Å². The molecule has 0 bridgehead atoms. The summed E-state index contributed by atoms with van der Waals surface area (Å²) in [5, 5.41) is 4.85. The summed E-state index contributed by atoms with van der Waals surface area (Å²) < 4.78 is 4.89. The van der Waals surface area contributed by atoms with Gasteiger partial charge in [-0.2, -0.15) is 0 Å². The van der Waals surface area contributed by atoms with Gasteiger partial charge in [0.25, 0.3) is 0 Å². The first-order chi connectivity index (χ1) is 22.3. The molecule has 0 spiro atoms. The van der Waals surface area contributed by atoms with Gasteiger partial charge in [-0.15, -0.1) is 0 Å². The van der Waals surface area contributed by atoms with E-state index in [9.17, 15) is 0 Å². The molecule has 0 saturated heterocycles. The number of para-hydroxylation sites is 4. The lowest BCUT2D eigenvalue weighted by molar-refractivity contribution is 1.03. The highest BCUT2D eigenvalue weighted by atomic mass is 32.2. The third-order valence-corrected chi connectivity index (χ3v) is 10.0. The highest BCUT2D eigenvalue weighted by molar-refractivity contribution is 7.99. The fraction of sp³-hybridized carbons (Fsp3) is 0. The van der Waals surface area contributed by atoms with Crippen molar-refractivity contribution in [2.75, 3.05) is 0 Å². The first-order valence-electron chi connectivity index (χ1n) is 15.1. The van der Waals surface area contributed by atoms with E-state index < -0.39 is 0 Å². The van der Waals surface area contributed by atoms with Crippen LogP contribution in [0.5, 0.6) is 0 Å². The van der Waals surface area contributed by atoms with Crippen LogP contribution in [0.15, 0.2) is 155 Å². The highest BCUT2D eigenvalue weighted by Crippen LogP contribution is 2.50. The molecule has 1 aliphatic rings. The third kappa shape index (κ3) is 3.56. The van der Waals surface area contributed by atoms with E-state index in [4.69, 9.17) is 9.97 Å². The Labute approximate surface area is 263 Å². The summed E-state index contributed by atoms with van der Waals surface area (Å²) in [5.41, 5.74) is 9.88. The molecule has 6 aromatic carbocycles. The van der Waals surface area contributed by atoms with Gasteiger partial charge in [0.05, 0.1) is 27.9 Å². The largest absolute Gasteiger partial charge is 0.295 e. The van der Waals surface area contributed by atoms with Gasteiger partial charge in [-0.1, -0.05) is 109 Å². The molecule has 4 heterocycles. The molecule has 0 aliphatic carbocycles. The molecule has 0 saturated carbocycles. The van der Waals surface area contributed by atoms with Crippen molar-refractivity contribution in [3.63, 3.8) is 0 Å². The quantitative estimate of drug-likeness (QED) is 0.205. The zero-order valence-electron chi connectivity index (χ0n) is 24.1.